The first kappa shape index (κ1) is 14.6. The molecule has 1 unspecified atom stereocenters. The van der Waals surface area contributed by atoms with E-state index >= 15 is 0 Å². The molecule has 1 rings (SSSR count). The lowest BCUT2D eigenvalue weighted by Gasteiger charge is -2.16. The number of nitrogens with zero attached hydrogens (tertiary/aromatic N) is 1. The van der Waals surface area contributed by atoms with Crippen LogP contribution >= 0.6 is 0 Å². The molecule has 0 radical (unpaired) electrons. The zero-order chi connectivity index (χ0) is 13.8. The summed E-state index contributed by atoms with van der Waals surface area (Å²) in [5, 5.41) is 2.59. The molecule has 1 amide bonds. The highest BCUT2D eigenvalue weighted by molar-refractivity contribution is 5.92. The number of amides is 1. The molecule has 0 aromatic carbocycles. The Morgan fingerprint density at radius 3 is 2.72 bits per heavy atom. The van der Waals surface area contributed by atoms with Crippen molar-refractivity contribution in [2.24, 2.45) is 5.73 Å². The highest BCUT2D eigenvalue weighted by Gasteiger charge is 2.29. The second-order valence-corrected chi connectivity index (χ2v) is 3.95. The predicted octanol–water partition coefficient (Wildman–Crippen LogP) is 1.52. The van der Waals surface area contributed by atoms with Crippen LogP contribution in [0.1, 0.15) is 23.8 Å². The van der Waals surface area contributed by atoms with Gasteiger partial charge in [-0.05, 0) is 18.6 Å². The topological polar surface area (TPSA) is 60.0 Å². The quantitative estimate of drug-likeness (QED) is 0.846. The van der Waals surface area contributed by atoms with Gasteiger partial charge >= 0.3 is 6.18 Å². The second-order valence-electron chi connectivity index (χ2n) is 3.95. The number of hydrogen-bond donors (Lipinski definition) is 2. The summed E-state index contributed by atoms with van der Waals surface area (Å²) >= 11 is 0. The number of alkyl halides is 3. The standard InChI is InChI=1S/C11H16F3N3O/c1-2-8(6-15)16-10(18)9-4-3-5-17(9)7-11(12,13)14/h3-5,8H,2,6-7,15H2,1H3,(H,16,18). The third-order valence-corrected chi connectivity index (χ3v) is 2.52. The molecule has 7 heteroatoms. The molecule has 0 saturated carbocycles. The first-order valence-corrected chi connectivity index (χ1v) is 5.60. The van der Waals surface area contributed by atoms with E-state index in [1.807, 2.05) is 6.92 Å². The maximum Gasteiger partial charge on any atom is 0.406 e. The van der Waals surface area contributed by atoms with Crippen LogP contribution in [0.4, 0.5) is 13.2 Å². The molecule has 1 heterocycles. The van der Waals surface area contributed by atoms with E-state index in [0.717, 1.165) is 4.57 Å². The minimum absolute atomic E-state index is 0.0146. The lowest BCUT2D eigenvalue weighted by molar-refractivity contribution is -0.140. The van der Waals surface area contributed by atoms with Crippen molar-refractivity contribution < 1.29 is 18.0 Å². The van der Waals surface area contributed by atoms with Crippen molar-refractivity contribution in [1.82, 2.24) is 9.88 Å². The van der Waals surface area contributed by atoms with Gasteiger partial charge in [0.15, 0.2) is 0 Å². The summed E-state index contributed by atoms with van der Waals surface area (Å²) < 4.78 is 37.7. The highest BCUT2D eigenvalue weighted by Crippen LogP contribution is 2.19. The van der Waals surface area contributed by atoms with Gasteiger partial charge in [0.2, 0.25) is 0 Å². The van der Waals surface area contributed by atoms with Crippen LogP contribution in [-0.4, -0.2) is 29.2 Å². The van der Waals surface area contributed by atoms with Gasteiger partial charge in [0.1, 0.15) is 12.2 Å². The fourth-order valence-corrected chi connectivity index (χ4v) is 1.54. The van der Waals surface area contributed by atoms with Gasteiger partial charge in [-0.15, -0.1) is 0 Å². The van der Waals surface area contributed by atoms with Crippen molar-refractivity contribution in [2.45, 2.75) is 32.1 Å². The first-order valence-electron chi connectivity index (χ1n) is 5.60. The molecule has 18 heavy (non-hydrogen) atoms. The van der Waals surface area contributed by atoms with Gasteiger partial charge in [-0.25, -0.2) is 0 Å². The summed E-state index contributed by atoms with van der Waals surface area (Å²) in [7, 11) is 0. The van der Waals surface area contributed by atoms with Crippen molar-refractivity contribution >= 4 is 5.91 Å². The molecule has 0 aliphatic heterocycles. The Labute approximate surface area is 103 Å². The maximum absolute atomic E-state index is 12.3. The SMILES string of the molecule is CCC(CN)NC(=O)c1cccn1CC(F)(F)F. The normalized spacial score (nSPS) is 13.4. The summed E-state index contributed by atoms with van der Waals surface area (Å²) in [6, 6.07) is 2.53. The first-order chi connectivity index (χ1) is 8.37. The Kier molecular flexibility index (Phi) is 4.77. The van der Waals surface area contributed by atoms with Crippen molar-refractivity contribution in [3.63, 3.8) is 0 Å². The average molecular weight is 263 g/mol. The van der Waals surface area contributed by atoms with Gasteiger partial charge < -0.3 is 15.6 Å². The van der Waals surface area contributed by atoms with Gasteiger partial charge in [-0.3, -0.25) is 4.79 Å². The van der Waals surface area contributed by atoms with Crippen molar-refractivity contribution in [1.29, 1.82) is 0 Å². The van der Waals surface area contributed by atoms with E-state index in [1.54, 1.807) is 0 Å². The van der Waals surface area contributed by atoms with Crippen LogP contribution in [-0.2, 0) is 6.54 Å². The van der Waals surface area contributed by atoms with E-state index in [9.17, 15) is 18.0 Å². The molecular weight excluding hydrogens is 247 g/mol. The van der Waals surface area contributed by atoms with E-state index in [4.69, 9.17) is 5.73 Å². The molecule has 3 N–H and O–H groups in total. The fourth-order valence-electron chi connectivity index (χ4n) is 1.54. The summed E-state index contributed by atoms with van der Waals surface area (Å²) in [4.78, 5) is 11.8. The molecule has 102 valence electrons. The van der Waals surface area contributed by atoms with Crippen LogP contribution in [0, 0.1) is 0 Å². The summed E-state index contributed by atoms with van der Waals surface area (Å²) in [6.45, 7) is 0.914. The number of nitrogens with one attached hydrogen (secondary N) is 1. The monoisotopic (exact) mass is 263 g/mol. The Bertz CT molecular complexity index is 396. The molecule has 1 aromatic heterocycles. The van der Waals surface area contributed by atoms with Crippen LogP contribution in [0.3, 0.4) is 0 Å². The largest absolute Gasteiger partial charge is 0.406 e. The molecule has 0 aliphatic rings. The summed E-state index contributed by atoms with van der Waals surface area (Å²) in [5.41, 5.74) is 5.41. The lowest BCUT2D eigenvalue weighted by Crippen LogP contribution is -2.40. The maximum atomic E-state index is 12.3. The number of aromatic nitrogens is 1. The molecule has 1 aromatic rings. The molecule has 4 nitrogen and oxygen atoms in total. The van der Waals surface area contributed by atoms with Crippen LogP contribution in [0.5, 0.6) is 0 Å². The lowest BCUT2D eigenvalue weighted by atomic mass is 10.2. The Hall–Kier alpha value is -1.50. The smallest absolute Gasteiger partial charge is 0.347 e. The number of nitrogens with two attached hydrogens (primary N) is 1. The number of rotatable bonds is 5. The van der Waals surface area contributed by atoms with Crippen molar-refractivity contribution in [3.8, 4) is 0 Å². The number of carbonyl (C=O) groups is 1. The van der Waals surface area contributed by atoms with Gasteiger partial charge in [-0.1, -0.05) is 6.92 Å². The van der Waals surface area contributed by atoms with Crippen LogP contribution in [0.2, 0.25) is 0 Å². The Morgan fingerprint density at radius 2 is 2.22 bits per heavy atom. The van der Waals surface area contributed by atoms with E-state index in [0.29, 0.717) is 6.42 Å². The van der Waals surface area contributed by atoms with Gasteiger partial charge in [-0.2, -0.15) is 13.2 Å². The second kappa shape index (κ2) is 5.90. The zero-order valence-corrected chi connectivity index (χ0v) is 10.00. The third kappa shape index (κ3) is 4.06. The number of halogens is 3. The molecule has 1 atom stereocenters. The Balaban J connectivity index is 2.77. The van der Waals surface area contributed by atoms with Gasteiger partial charge in [0.25, 0.3) is 5.91 Å². The van der Waals surface area contributed by atoms with Gasteiger partial charge in [0.05, 0.1) is 0 Å². The van der Waals surface area contributed by atoms with Crippen molar-refractivity contribution in [2.75, 3.05) is 6.54 Å². The summed E-state index contributed by atoms with van der Waals surface area (Å²) in [5.74, 6) is -0.540. The third-order valence-electron chi connectivity index (χ3n) is 2.52. The predicted molar refractivity (Wildman–Crippen MR) is 61.1 cm³/mol. The molecular formula is C11H16F3N3O. The van der Waals surface area contributed by atoms with Crippen molar-refractivity contribution in [3.05, 3.63) is 24.0 Å². The molecule has 0 aliphatic carbocycles. The van der Waals surface area contributed by atoms with Gasteiger partial charge in [0, 0.05) is 18.8 Å². The van der Waals surface area contributed by atoms with Crippen LogP contribution in [0.15, 0.2) is 18.3 Å². The minimum Gasteiger partial charge on any atom is -0.347 e. The molecule has 0 fully saturated rings. The molecule has 0 saturated heterocycles. The number of hydrogen-bond acceptors (Lipinski definition) is 2. The molecule has 0 spiro atoms. The Morgan fingerprint density at radius 1 is 1.56 bits per heavy atom. The van der Waals surface area contributed by atoms with Crippen LogP contribution < -0.4 is 11.1 Å². The highest BCUT2D eigenvalue weighted by atomic mass is 19.4. The van der Waals surface area contributed by atoms with E-state index in [-0.39, 0.29) is 18.3 Å². The van der Waals surface area contributed by atoms with E-state index in [2.05, 4.69) is 5.32 Å². The average Bonchev–Trinajstić information content (AvgIpc) is 2.71. The number of carbonyl (C=O) groups excluding carboxylic acids is 1. The summed E-state index contributed by atoms with van der Waals surface area (Å²) in [6.07, 6.45) is -2.50. The van der Waals surface area contributed by atoms with E-state index < -0.39 is 18.6 Å². The fraction of sp³-hybridized carbons (Fsp3) is 0.545. The zero-order valence-electron chi connectivity index (χ0n) is 10.00. The minimum atomic E-state index is -4.36. The van der Waals surface area contributed by atoms with E-state index in [1.165, 1.54) is 18.3 Å². The van der Waals surface area contributed by atoms with Crippen LogP contribution in [0.25, 0.3) is 0 Å². The molecule has 0 bridgehead atoms.